The van der Waals surface area contributed by atoms with E-state index in [1.807, 2.05) is 0 Å². The van der Waals surface area contributed by atoms with Gasteiger partial charge in [-0.15, -0.1) is 0 Å². The van der Waals surface area contributed by atoms with Crippen molar-refractivity contribution in [2.45, 2.75) is 32.4 Å². The second kappa shape index (κ2) is 6.83. The summed E-state index contributed by atoms with van der Waals surface area (Å²) in [6.45, 7) is 3.28. The Balaban J connectivity index is 1.46. The normalized spacial score (nSPS) is 17.2. The van der Waals surface area contributed by atoms with Crippen LogP contribution in [0.4, 0.5) is 0 Å². The van der Waals surface area contributed by atoms with E-state index in [4.69, 9.17) is 10.3 Å². The second-order valence-electron chi connectivity index (χ2n) is 5.72. The molecule has 1 aliphatic rings. The van der Waals surface area contributed by atoms with Crippen molar-refractivity contribution in [2.24, 2.45) is 11.7 Å². The van der Waals surface area contributed by atoms with E-state index in [2.05, 4.69) is 45.4 Å². The van der Waals surface area contributed by atoms with Crippen LogP contribution in [0.1, 0.15) is 30.1 Å². The third-order valence-corrected chi connectivity index (χ3v) is 4.12. The van der Waals surface area contributed by atoms with Crippen LogP contribution < -0.4 is 5.73 Å². The van der Waals surface area contributed by atoms with Crippen LogP contribution in [-0.2, 0) is 19.5 Å². The van der Waals surface area contributed by atoms with Gasteiger partial charge in [0.2, 0.25) is 5.89 Å². The van der Waals surface area contributed by atoms with Crippen molar-refractivity contribution in [3.63, 3.8) is 0 Å². The molecule has 5 nitrogen and oxygen atoms in total. The van der Waals surface area contributed by atoms with Gasteiger partial charge in [-0.05, 0) is 43.8 Å². The van der Waals surface area contributed by atoms with Crippen LogP contribution in [0.2, 0.25) is 0 Å². The highest BCUT2D eigenvalue weighted by atomic mass is 16.5. The topological polar surface area (TPSA) is 68.2 Å². The lowest BCUT2D eigenvalue weighted by atomic mass is 9.90. The van der Waals surface area contributed by atoms with E-state index in [1.165, 1.54) is 24.8 Å². The first-order chi connectivity index (χ1) is 10.3. The highest BCUT2D eigenvalue weighted by Gasteiger charge is 2.20. The van der Waals surface area contributed by atoms with Crippen molar-refractivity contribution >= 4 is 0 Å². The predicted octanol–water partition coefficient (Wildman–Crippen LogP) is 1.98. The fourth-order valence-corrected chi connectivity index (χ4v) is 2.93. The van der Waals surface area contributed by atoms with Crippen LogP contribution in [0.3, 0.4) is 0 Å². The molecule has 2 heterocycles. The first-order valence-corrected chi connectivity index (χ1v) is 7.61. The number of aromatic nitrogens is 2. The predicted molar refractivity (Wildman–Crippen MR) is 80.3 cm³/mol. The Labute approximate surface area is 125 Å². The summed E-state index contributed by atoms with van der Waals surface area (Å²) in [6, 6.07) is 10.8. The van der Waals surface area contributed by atoms with E-state index in [0.29, 0.717) is 12.4 Å². The third-order valence-electron chi connectivity index (χ3n) is 4.12. The van der Waals surface area contributed by atoms with Crippen LogP contribution >= 0.6 is 0 Å². The maximum atomic E-state index is 5.48. The van der Waals surface area contributed by atoms with Crippen molar-refractivity contribution in [2.75, 3.05) is 13.1 Å². The molecular weight excluding hydrogens is 264 g/mol. The summed E-state index contributed by atoms with van der Waals surface area (Å²) in [5.74, 6) is 2.05. The lowest BCUT2D eigenvalue weighted by Gasteiger charge is -2.31. The monoisotopic (exact) mass is 286 g/mol. The molecule has 0 radical (unpaired) electrons. The van der Waals surface area contributed by atoms with Crippen molar-refractivity contribution in [1.29, 1.82) is 0 Å². The van der Waals surface area contributed by atoms with Gasteiger partial charge in [0.1, 0.15) is 0 Å². The van der Waals surface area contributed by atoms with Gasteiger partial charge in [0.05, 0.1) is 13.1 Å². The highest BCUT2D eigenvalue weighted by molar-refractivity contribution is 5.15. The molecule has 0 unspecified atom stereocenters. The minimum absolute atomic E-state index is 0.312. The molecule has 2 N–H and O–H groups in total. The summed E-state index contributed by atoms with van der Waals surface area (Å²) >= 11 is 0. The van der Waals surface area contributed by atoms with Crippen molar-refractivity contribution < 1.29 is 4.52 Å². The summed E-state index contributed by atoms with van der Waals surface area (Å²) in [7, 11) is 0. The first-order valence-electron chi connectivity index (χ1n) is 7.61. The Morgan fingerprint density at radius 1 is 1.19 bits per heavy atom. The molecule has 0 atom stereocenters. The Kier molecular flexibility index (Phi) is 4.62. The van der Waals surface area contributed by atoms with Gasteiger partial charge in [-0.3, -0.25) is 4.90 Å². The fourth-order valence-electron chi connectivity index (χ4n) is 2.93. The molecule has 112 valence electrons. The molecule has 0 aliphatic carbocycles. The van der Waals surface area contributed by atoms with Crippen LogP contribution in [0.5, 0.6) is 0 Å². The van der Waals surface area contributed by atoms with Gasteiger partial charge in [-0.1, -0.05) is 35.5 Å². The molecule has 1 aromatic carbocycles. The van der Waals surface area contributed by atoms with E-state index in [1.54, 1.807) is 0 Å². The van der Waals surface area contributed by atoms with Gasteiger partial charge in [-0.2, -0.15) is 4.98 Å². The fraction of sp³-hybridized carbons (Fsp3) is 0.500. The SMILES string of the molecule is NCc1nc(CN2CCC(Cc3ccccc3)CC2)no1. The molecule has 1 aromatic heterocycles. The molecule has 2 aromatic rings. The summed E-state index contributed by atoms with van der Waals surface area (Å²) in [4.78, 5) is 6.66. The zero-order chi connectivity index (χ0) is 14.5. The number of hydrogen-bond donors (Lipinski definition) is 1. The smallest absolute Gasteiger partial charge is 0.240 e. The van der Waals surface area contributed by atoms with Gasteiger partial charge in [0.25, 0.3) is 0 Å². The van der Waals surface area contributed by atoms with Crippen molar-refractivity contribution in [3.05, 3.63) is 47.6 Å². The third kappa shape index (κ3) is 3.89. The Bertz CT molecular complexity index is 546. The quantitative estimate of drug-likeness (QED) is 0.910. The van der Waals surface area contributed by atoms with Gasteiger partial charge >= 0.3 is 0 Å². The summed E-state index contributed by atoms with van der Waals surface area (Å²) < 4.78 is 5.04. The molecule has 1 saturated heterocycles. The number of hydrogen-bond acceptors (Lipinski definition) is 5. The molecule has 21 heavy (non-hydrogen) atoms. The highest BCUT2D eigenvalue weighted by Crippen LogP contribution is 2.22. The molecule has 0 spiro atoms. The Hall–Kier alpha value is -1.72. The van der Waals surface area contributed by atoms with E-state index < -0.39 is 0 Å². The minimum atomic E-state index is 0.312. The zero-order valence-electron chi connectivity index (χ0n) is 12.2. The van der Waals surface area contributed by atoms with E-state index in [-0.39, 0.29) is 0 Å². The van der Waals surface area contributed by atoms with E-state index >= 15 is 0 Å². The van der Waals surface area contributed by atoms with Crippen molar-refractivity contribution in [3.8, 4) is 0 Å². The minimum Gasteiger partial charge on any atom is -0.338 e. The van der Waals surface area contributed by atoms with E-state index in [9.17, 15) is 0 Å². The lowest BCUT2D eigenvalue weighted by Crippen LogP contribution is -2.34. The summed E-state index contributed by atoms with van der Waals surface area (Å²) in [5.41, 5.74) is 6.92. The zero-order valence-corrected chi connectivity index (χ0v) is 12.2. The van der Waals surface area contributed by atoms with Gasteiger partial charge in [-0.25, -0.2) is 0 Å². The lowest BCUT2D eigenvalue weighted by molar-refractivity contribution is 0.172. The Morgan fingerprint density at radius 3 is 2.62 bits per heavy atom. The van der Waals surface area contributed by atoms with Crippen molar-refractivity contribution in [1.82, 2.24) is 15.0 Å². The molecule has 5 heteroatoms. The molecule has 0 saturated carbocycles. The molecule has 1 aliphatic heterocycles. The molecule has 3 rings (SSSR count). The molecule has 0 amide bonds. The Morgan fingerprint density at radius 2 is 1.95 bits per heavy atom. The maximum absolute atomic E-state index is 5.48. The van der Waals surface area contributed by atoms with Crippen LogP contribution in [0.15, 0.2) is 34.9 Å². The molecule has 0 bridgehead atoms. The van der Waals surface area contributed by atoms with Crippen LogP contribution in [0, 0.1) is 5.92 Å². The van der Waals surface area contributed by atoms with Crippen LogP contribution in [-0.4, -0.2) is 28.1 Å². The summed E-state index contributed by atoms with van der Waals surface area (Å²) in [6.07, 6.45) is 3.65. The second-order valence-corrected chi connectivity index (χ2v) is 5.72. The average Bonchev–Trinajstić information content (AvgIpc) is 2.98. The largest absolute Gasteiger partial charge is 0.338 e. The number of benzene rings is 1. The van der Waals surface area contributed by atoms with Crippen LogP contribution in [0.25, 0.3) is 0 Å². The molecule has 1 fully saturated rings. The number of nitrogens with two attached hydrogens (primary N) is 1. The average molecular weight is 286 g/mol. The number of piperidine rings is 1. The van der Waals surface area contributed by atoms with Gasteiger partial charge in [0.15, 0.2) is 5.82 Å². The number of likely N-dealkylation sites (tertiary alicyclic amines) is 1. The first kappa shape index (κ1) is 14.2. The number of nitrogens with zero attached hydrogens (tertiary/aromatic N) is 3. The summed E-state index contributed by atoms with van der Waals surface area (Å²) in [5, 5.41) is 3.96. The maximum Gasteiger partial charge on any atom is 0.240 e. The number of rotatable bonds is 5. The van der Waals surface area contributed by atoms with Gasteiger partial charge in [0, 0.05) is 0 Å². The standard InChI is InChI=1S/C16H22N4O/c17-11-16-18-15(19-21-16)12-20-8-6-14(7-9-20)10-13-4-2-1-3-5-13/h1-5,14H,6-12,17H2. The van der Waals surface area contributed by atoms with Gasteiger partial charge < -0.3 is 10.3 Å². The van der Waals surface area contributed by atoms with E-state index in [0.717, 1.165) is 31.4 Å². The molecular formula is C16H22N4O.